The molecule has 1 N–H and O–H groups in total. The number of hydrogen-bond acceptors (Lipinski definition) is 6. The van der Waals surface area contributed by atoms with Crippen LogP contribution in [0.4, 0.5) is 11.5 Å². The minimum Gasteiger partial charge on any atom is -0.490 e. The first-order chi connectivity index (χ1) is 10.2. The van der Waals surface area contributed by atoms with Gasteiger partial charge in [-0.15, -0.1) is 22.0 Å². The summed E-state index contributed by atoms with van der Waals surface area (Å²) in [6.45, 7) is 1.12. The number of carboxylic acid groups (broad SMARTS) is 1. The van der Waals surface area contributed by atoms with Crippen molar-refractivity contribution in [1.82, 2.24) is 10.2 Å². The molecular formula is C14H13N3O3S. The lowest BCUT2D eigenvalue weighted by molar-refractivity contribution is 0.0692. The highest BCUT2D eigenvalue weighted by atomic mass is 32.2. The van der Waals surface area contributed by atoms with Gasteiger partial charge in [-0.1, -0.05) is 12.1 Å². The second-order valence-electron chi connectivity index (χ2n) is 4.40. The van der Waals surface area contributed by atoms with Gasteiger partial charge >= 0.3 is 5.97 Å². The predicted molar refractivity (Wildman–Crippen MR) is 79.7 cm³/mol. The smallest absolute Gasteiger partial charge is 0.338 e. The fourth-order valence-electron chi connectivity index (χ4n) is 2.21. The Morgan fingerprint density at radius 2 is 2.19 bits per heavy atom. The average Bonchev–Trinajstić information content (AvgIpc) is 2.53. The number of carboxylic acids is 1. The van der Waals surface area contributed by atoms with E-state index < -0.39 is 5.97 Å². The first kappa shape index (κ1) is 13.7. The van der Waals surface area contributed by atoms with E-state index in [0.29, 0.717) is 24.0 Å². The minimum absolute atomic E-state index is 0.163. The van der Waals surface area contributed by atoms with E-state index in [4.69, 9.17) is 4.74 Å². The summed E-state index contributed by atoms with van der Waals surface area (Å²) in [5, 5.41) is 17.9. The van der Waals surface area contributed by atoms with Crippen LogP contribution in [0.2, 0.25) is 0 Å². The Balaban J connectivity index is 2.06. The van der Waals surface area contributed by atoms with Crippen LogP contribution in [-0.2, 0) is 0 Å². The summed E-state index contributed by atoms with van der Waals surface area (Å²) in [5.74, 6) is 0.273. The summed E-state index contributed by atoms with van der Waals surface area (Å²) in [6.07, 6.45) is 1.78. The summed E-state index contributed by atoms with van der Waals surface area (Å²) in [7, 11) is 0. The Morgan fingerprint density at radius 3 is 2.95 bits per heavy atom. The molecule has 7 heteroatoms. The number of ether oxygens (including phenoxy) is 1. The molecule has 21 heavy (non-hydrogen) atoms. The van der Waals surface area contributed by atoms with Crippen molar-refractivity contribution < 1.29 is 14.6 Å². The molecule has 0 saturated heterocycles. The quantitative estimate of drug-likeness (QED) is 0.873. The predicted octanol–water partition coefficient (Wildman–Crippen LogP) is 2.43. The van der Waals surface area contributed by atoms with Crippen LogP contribution in [0.5, 0.6) is 5.75 Å². The van der Waals surface area contributed by atoms with Gasteiger partial charge in [-0.25, -0.2) is 4.79 Å². The van der Waals surface area contributed by atoms with Gasteiger partial charge in [0.15, 0.2) is 5.82 Å². The van der Waals surface area contributed by atoms with Crippen LogP contribution < -0.4 is 9.64 Å². The van der Waals surface area contributed by atoms with E-state index in [9.17, 15) is 9.90 Å². The molecule has 1 aromatic heterocycles. The molecule has 1 aromatic carbocycles. The Labute approximate surface area is 125 Å². The maximum atomic E-state index is 11.3. The molecule has 2 heterocycles. The summed E-state index contributed by atoms with van der Waals surface area (Å²) in [6, 6.07) is 9.15. The number of benzene rings is 1. The fraction of sp³-hybridized carbons (Fsp3) is 0.214. The zero-order chi connectivity index (χ0) is 14.8. The fourth-order valence-corrected chi connectivity index (χ4v) is 2.70. The van der Waals surface area contributed by atoms with Crippen LogP contribution in [0.1, 0.15) is 10.4 Å². The maximum Gasteiger partial charge on any atom is 0.338 e. The number of thioether (sulfide) groups is 1. The van der Waals surface area contributed by atoms with E-state index in [1.54, 1.807) is 12.3 Å². The van der Waals surface area contributed by atoms with Crippen LogP contribution in [-0.4, -0.2) is 40.7 Å². The van der Waals surface area contributed by atoms with Gasteiger partial charge in [0.05, 0.1) is 17.8 Å². The Bertz CT molecular complexity index is 693. The largest absolute Gasteiger partial charge is 0.490 e. The highest BCUT2D eigenvalue weighted by molar-refractivity contribution is 7.98. The monoisotopic (exact) mass is 303 g/mol. The summed E-state index contributed by atoms with van der Waals surface area (Å²) in [5.41, 5.74) is 1.03. The number of hydrogen-bond donors (Lipinski definition) is 1. The summed E-state index contributed by atoms with van der Waals surface area (Å²) in [4.78, 5) is 13.3. The van der Waals surface area contributed by atoms with E-state index in [1.807, 2.05) is 29.2 Å². The van der Waals surface area contributed by atoms with Crippen LogP contribution in [0.25, 0.3) is 0 Å². The zero-order valence-electron chi connectivity index (χ0n) is 11.3. The third-order valence-electron chi connectivity index (χ3n) is 3.18. The lowest BCUT2D eigenvalue weighted by Crippen LogP contribution is -2.29. The number of carbonyl (C=O) groups is 1. The van der Waals surface area contributed by atoms with Gasteiger partial charge in [-0.05, 0) is 18.4 Å². The van der Waals surface area contributed by atoms with E-state index >= 15 is 0 Å². The summed E-state index contributed by atoms with van der Waals surface area (Å²) >= 11 is 1.27. The van der Waals surface area contributed by atoms with E-state index in [1.165, 1.54) is 11.8 Å². The molecule has 0 unspecified atom stereocenters. The molecule has 3 rings (SSSR count). The van der Waals surface area contributed by atoms with Gasteiger partial charge in [0.25, 0.3) is 0 Å². The topological polar surface area (TPSA) is 75.5 Å². The number of aromatic carboxylic acids is 1. The first-order valence-electron chi connectivity index (χ1n) is 6.35. The maximum absolute atomic E-state index is 11.3. The van der Waals surface area contributed by atoms with Crippen LogP contribution in [0.3, 0.4) is 0 Å². The van der Waals surface area contributed by atoms with Gasteiger partial charge in [0.1, 0.15) is 17.4 Å². The molecule has 0 aliphatic carbocycles. The van der Waals surface area contributed by atoms with Crippen molar-refractivity contribution in [2.45, 2.75) is 5.03 Å². The molecular weight excluding hydrogens is 290 g/mol. The van der Waals surface area contributed by atoms with Crippen LogP contribution in [0, 0.1) is 0 Å². The van der Waals surface area contributed by atoms with Crippen molar-refractivity contribution in [3.05, 3.63) is 35.9 Å². The number of para-hydroxylation sites is 2. The van der Waals surface area contributed by atoms with Gasteiger partial charge in [0.2, 0.25) is 0 Å². The van der Waals surface area contributed by atoms with Crippen molar-refractivity contribution in [1.29, 1.82) is 0 Å². The van der Waals surface area contributed by atoms with Gasteiger partial charge in [-0.2, -0.15) is 0 Å². The number of aromatic nitrogens is 2. The molecule has 0 bridgehead atoms. The molecule has 6 nitrogen and oxygen atoms in total. The zero-order valence-corrected chi connectivity index (χ0v) is 12.1. The Morgan fingerprint density at radius 1 is 1.38 bits per heavy atom. The molecule has 0 amide bonds. The van der Waals surface area contributed by atoms with Crippen molar-refractivity contribution in [3.63, 3.8) is 0 Å². The minimum atomic E-state index is -1.00. The highest BCUT2D eigenvalue weighted by Gasteiger charge is 2.22. The molecule has 0 radical (unpaired) electrons. The van der Waals surface area contributed by atoms with Gasteiger partial charge in [0, 0.05) is 6.07 Å². The van der Waals surface area contributed by atoms with E-state index in [-0.39, 0.29) is 5.56 Å². The van der Waals surface area contributed by atoms with Crippen molar-refractivity contribution in [2.75, 3.05) is 24.3 Å². The number of fused-ring (bicyclic) bond motifs is 1. The lowest BCUT2D eigenvalue weighted by Gasteiger charge is -2.30. The van der Waals surface area contributed by atoms with Gasteiger partial charge in [-0.3, -0.25) is 0 Å². The second-order valence-corrected chi connectivity index (χ2v) is 5.19. The normalized spacial score (nSPS) is 13.5. The second kappa shape index (κ2) is 5.61. The third kappa shape index (κ3) is 2.52. The molecule has 1 aliphatic rings. The molecule has 0 atom stereocenters. The standard InChI is InChI=1S/C14H13N3O3S/c1-21-13-9(14(18)19)8-12(15-16-13)17-6-7-20-11-5-3-2-4-10(11)17/h2-5,8H,6-7H2,1H3,(H,18,19). The van der Waals surface area contributed by atoms with Crippen LogP contribution >= 0.6 is 11.8 Å². The molecule has 2 aromatic rings. The average molecular weight is 303 g/mol. The van der Waals surface area contributed by atoms with E-state index in [2.05, 4.69) is 10.2 Å². The number of nitrogens with zero attached hydrogens (tertiary/aromatic N) is 3. The van der Waals surface area contributed by atoms with Gasteiger partial charge < -0.3 is 14.7 Å². The SMILES string of the molecule is CSc1nnc(N2CCOc3ccccc32)cc1C(=O)O. The first-order valence-corrected chi connectivity index (χ1v) is 7.57. The molecule has 0 spiro atoms. The molecule has 0 saturated carbocycles. The third-order valence-corrected chi connectivity index (χ3v) is 3.86. The lowest BCUT2D eigenvalue weighted by atomic mass is 10.2. The summed E-state index contributed by atoms with van der Waals surface area (Å²) < 4.78 is 5.59. The van der Waals surface area contributed by atoms with Crippen molar-refractivity contribution >= 4 is 29.2 Å². The van der Waals surface area contributed by atoms with Crippen LogP contribution in [0.15, 0.2) is 35.4 Å². The molecule has 108 valence electrons. The van der Waals surface area contributed by atoms with Crippen molar-refractivity contribution in [3.8, 4) is 5.75 Å². The van der Waals surface area contributed by atoms with E-state index in [0.717, 1.165) is 11.4 Å². The number of anilines is 2. The van der Waals surface area contributed by atoms with Crippen molar-refractivity contribution in [2.24, 2.45) is 0 Å². The number of rotatable bonds is 3. The Kier molecular flexibility index (Phi) is 3.66. The molecule has 0 fully saturated rings. The highest BCUT2D eigenvalue weighted by Crippen LogP contribution is 2.35. The Hall–Kier alpha value is -2.28. The molecule has 1 aliphatic heterocycles.